The van der Waals surface area contributed by atoms with E-state index in [4.69, 9.17) is 14.5 Å². The lowest BCUT2D eigenvalue weighted by Crippen LogP contribution is -2.42. The van der Waals surface area contributed by atoms with Gasteiger partial charge in [0.1, 0.15) is 5.92 Å². The number of unbranched alkanes of at least 4 members (excludes halogenated alkanes) is 3. The summed E-state index contributed by atoms with van der Waals surface area (Å²) < 4.78 is 5.44. The topological polar surface area (TPSA) is 51.4 Å². The molecule has 1 saturated heterocycles. The van der Waals surface area contributed by atoms with Crippen molar-refractivity contribution in [2.45, 2.75) is 78.9 Å². The Morgan fingerprint density at radius 3 is 2.15 bits per heavy atom. The first kappa shape index (κ1) is 17.4. The quantitative estimate of drug-likeness (QED) is 0.275. The summed E-state index contributed by atoms with van der Waals surface area (Å²) in [6.45, 7) is 10.8. The van der Waals surface area contributed by atoms with E-state index in [9.17, 15) is 4.79 Å². The number of rotatable bonds is 9. The smallest absolute Gasteiger partial charge is 0.315 e. The highest BCUT2D eigenvalue weighted by atomic mass is 17.4. The Labute approximate surface area is 123 Å². The summed E-state index contributed by atoms with van der Waals surface area (Å²) in [5.74, 6) is -1.32. The molecular formula is C16H30O4. The number of hydrogen-bond acceptors (Lipinski definition) is 4. The highest BCUT2D eigenvalue weighted by molar-refractivity contribution is 5.74. The molecule has 1 heterocycles. The predicted octanol–water partition coefficient (Wildman–Crippen LogP) is 4.23. The zero-order valence-corrected chi connectivity index (χ0v) is 13.7. The molecule has 1 fully saturated rings. The summed E-state index contributed by atoms with van der Waals surface area (Å²) in [5, 5.41) is 0. The first-order chi connectivity index (χ1) is 9.37. The summed E-state index contributed by atoms with van der Waals surface area (Å²) >= 11 is 0. The molecule has 0 bridgehead atoms. The molecule has 4 heteroatoms. The normalized spacial score (nSPS) is 18.6. The zero-order chi connectivity index (χ0) is 15.2. The number of carbonyl (C=O) groups is 1. The lowest BCUT2D eigenvalue weighted by atomic mass is 9.74. The molecule has 1 rings (SSSR count). The van der Waals surface area contributed by atoms with Crippen LogP contribution in [0.4, 0.5) is 0 Å². The fourth-order valence-corrected chi connectivity index (χ4v) is 2.60. The summed E-state index contributed by atoms with van der Waals surface area (Å²) in [5.41, 5.74) is -0.244. The Balaban J connectivity index is 2.63. The zero-order valence-electron chi connectivity index (χ0n) is 13.7. The van der Waals surface area contributed by atoms with Gasteiger partial charge in [0.15, 0.2) is 0 Å². The van der Waals surface area contributed by atoms with Gasteiger partial charge in [0, 0.05) is 6.42 Å². The van der Waals surface area contributed by atoms with Gasteiger partial charge < -0.3 is 4.74 Å². The van der Waals surface area contributed by atoms with Crippen LogP contribution >= 0.6 is 0 Å². The Kier molecular flexibility index (Phi) is 6.46. The van der Waals surface area contributed by atoms with E-state index in [-0.39, 0.29) is 17.3 Å². The summed E-state index contributed by atoms with van der Waals surface area (Å²) in [6, 6.07) is 0. The van der Waals surface area contributed by atoms with Crippen molar-refractivity contribution in [3.05, 3.63) is 0 Å². The van der Waals surface area contributed by atoms with Gasteiger partial charge in [-0.3, -0.25) is 4.79 Å². The van der Waals surface area contributed by atoms with Crippen molar-refractivity contribution in [3.63, 3.8) is 0 Å². The van der Waals surface area contributed by atoms with Gasteiger partial charge >= 0.3 is 5.97 Å². The van der Waals surface area contributed by atoms with Crippen LogP contribution in [-0.2, 0) is 19.3 Å². The van der Waals surface area contributed by atoms with E-state index >= 15 is 0 Å². The minimum absolute atomic E-state index is 0.192. The van der Waals surface area contributed by atoms with Crippen LogP contribution < -0.4 is 0 Å². The largest absolute Gasteiger partial charge is 0.465 e. The average Bonchev–Trinajstić information content (AvgIpc) is 3.11. The van der Waals surface area contributed by atoms with E-state index in [0.717, 1.165) is 38.5 Å². The first-order valence-corrected chi connectivity index (χ1v) is 7.91. The van der Waals surface area contributed by atoms with E-state index in [1.807, 2.05) is 20.8 Å². The first-order valence-electron chi connectivity index (χ1n) is 7.91. The monoisotopic (exact) mass is 286 g/mol. The molecule has 0 spiro atoms. The molecule has 1 unspecified atom stereocenters. The van der Waals surface area contributed by atoms with E-state index in [1.54, 1.807) is 0 Å². The molecule has 0 aliphatic carbocycles. The molecule has 118 valence electrons. The minimum Gasteiger partial charge on any atom is -0.465 e. The van der Waals surface area contributed by atoms with Crippen LogP contribution in [0.25, 0.3) is 0 Å². The van der Waals surface area contributed by atoms with Crippen LogP contribution in [0.15, 0.2) is 0 Å². The Bertz CT molecular complexity index is 302. The average molecular weight is 286 g/mol. The van der Waals surface area contributed by atoms with Crippen molar-refractivity contribution in [1.29, 1.82) is 0 Å². The van der Waals surface area contributed by atoms with Gasteiger partial charge in [-0.1, -0.05) is 53.9 Å². The van der Waals surface area contributed by atoms with Gasteiger partial charge in [0.05, 0.1) is 6.61 Å². The van der Waals surface area contributed by atoms with Gasteiger partial charge in [-0.05, 0) is 18.3 Å². The van der Waals surface area contributed by atoms with Gasteiger partial charge in [0.2, 0.25) is 5.79 Å². The molecular weight excluding hydrogens is 256 g/mol. The third-order valence-corrected chi connectivity index (χ3v) is 3.71. The second-order valence-corrected chi connectivity index (χ2v) is 6.76. The van der Waals surface area contributed by atoms with Crippen LogP contribution in [0, 0.1) is 11.3 Å². The van der Waals surface area contributed by atoms with Crippen molar-refractivity contribution in [1.82, 2.24) is 0 Å². The highest BCUT2D eigenvalue weighted by Crippen LogP contribution is 2.49. The molecule has 0 radical (unpaired) electrons. The van der Waals surface area contributed by atoms with Crippen LogP contribution in [0.3, 0.4) is 0 Å². The molecule has 1 aliphatic rings. The third-order valence-electron chi connectivity index (χ3n) is 3.71. The van der Waals surface area contributed by atoms with Crippen LogP contribution in [0.1, 0.15) is 73.1 Å². The van der Waals surface area contributed by atoms with Gasteiger partial charge in [-0.15, -0.1) is 0 Å². The van der Waals surface area contributed by atoms with E-state index < -0.39 is 5.79 Å². The maximum Gasteiger partial charge on any atom is 0.315 e. The predicted molar refractivity (Wildman–Crippen MR) is 77.9 cm³/mol. The van der Waals surface area contributed by atoms with Crippen molar-refractivity contribution in [2.24, 2.45) is 11.3 Å². The number of esters is 1. The van der Waals surface area contributed by atoms with Gasteiger partial charge in [0.25, 0.3) is 0 Å². The van der Waals surface area contributed by atoms with Crippen molar-refractivity contribution < 1.29 is 19.3 Å². The number of carbonyl (C=O) groups excluding carboxylic acids is 1. The van der Waals surface area contributed by atoms with Crippen LogP contribution in [0.5, 0.6) is 0 Å². The molecule has 4 nitrogen and oxygen atoms in total. The summed E-state index contributed by atoms with van der Waals surface area (Å²) in [4.78, 5) is 22.9. The Morgan fingerprint density at radius 2 is 1.70 bits per heavy atom. The lowest BCUT2D eigenvalue weighted by Gasteiger charge is -2.30. The third kappa shape index (κ3) is 4.74. The second kappa shape index (κ2) is 7.41. The summed E-state index contributed by atoms with van der Waals surface area (Å²) in [7, 11) is 0. The fourth-order valence-electron chi connectivity index (χ4n) is 2.60. The van der Waals surface area contributed by atoms with Crippen molar-refractivity contribution in [2.75, 3.05) is 6.61 Å². The van der Waals surface area contributed by atoms with E-state index in [0.29, 0.717) is 6.61 Å². The molecule has 0 N–H and O–H groups in total. The fraction of sp³-hybridized carbons (Fsp3) is 0.938. The minimum atomic E-state index is -0.754. The van der Waals surface area contributed by atoms with Crippen LogP contribution in [0.2, 0.25) is 0 Å². The highest BCUT2D eigenvalue weighted by Gasteiger charge is 2.62. The standard InChI is InChI=1S/C16H30O4/c1-6-8-10-12-18-14(17)13(15(3,4)5)16(19-20-16)11-9-7-2/h13H,6-12H2,1-5H3. The molecule has 1 aliphatic heterocycles. The molecule has 1 atom stereocenters. The molecule has 20 heavy (non-hydrogen) atoms. The molecule has 0 aromatic rings. The Hall–Kier alpha value is -0.610. The van der Waals surface area contributed by atoms with Gasteiger partial charge in [-0.2, -0.15) is 9.78 Å². The van der Waals surface area contributed by atoms with Crippen LogP contribution in [-0.4, -0.2) is 18.4 Å². The lowest BCUT2D eigenvalue weighted by molar-refractivity contribution is -0.157. The van der Waals surface area contributed by atoms with Crippen molar-refractivity contribution in [3.8, 4) is 0 Å². The van der Waals surface area contributed by atoms with E-state index in [1.165, 1.54) is 0 Å². The number of hydrogen-bond donors (Lipinski definition) is 0. The molecule has 0 saturated carbocycles. The molecule has 0 aromatic carbocycles. The number of ether oxygens (including phenoxy) is 1. The van der Waals surface area contributed by atoms with Crippen molar-refractivity contribution >= 4 is 5.97 Å². The van der Waals surface area contributed by atoms with Gasteiger partial charge in [-0.25, -0.2) is 0 Å². The maximum atomic E-state index is 12.4. The Morgan fingerprint density at radius 1 is 1.10 bits per heavy atom. The van der Waals surface area contributed by atoms with E-state index in [2.05, 4.69) is 13.8 Å². The SMILES string of the molecule is CCCCCOC(=O)C(C(C)(C)C)C1(CCCC)OO1. The molecule has 0 aromatic heterocycles. The summed E-state index contributed by atoms with van der Waals surface area (Å²) in [6.07, 6.45) is 5.90. The second-order valence-electron chi connectivity index (χ2n) is 6.76. The molecule has 0 amide bonds. The maximum absolute atomic E-state index is 12.4.